The number of nitrogens with zero attached hydrogens (tertiary/aromatic N) is 1. The number of hydrogen-bond donors (Lipinski definition) is 1. The molecule has 0 saturated carbocycles. The Morgan fingerprint density at radius 2 is 1.81 bits per heavy atom. The highest BCUT2D eigenvalue weighted by Gasteiger charge is 2.50. The van der Waals surface area contributed by atoms with Gasteiger partial charge in [0.2, 0.25) is 5.78 Å². The Morgan fingerprint density at radius 1 is 1.31 bits per heavy atom. The Morgan fingerprint density at radius 3 is 2.12 bits per heavy atom. The summed E-state index contributed by atoms with van der Waals surface area (Å²) in [4.78, 5) is 23.7. The van der Waals surface area contributed by atoms with Crippen LogP contribution in [0.5, 0.6) is 0 Å². The Labute approximate surface area is 93.6 Å². The van der Waals surface area contributed by atoms with E-state index in [-0.39, 0.29) is 13.2 Å². The van der Waals surface area contributed by atoms with Gasteiger partial charge >= 0.3 is 13.6 Å². The lowest BCUT2D eigenvalue weighted by atomic mass is 10.6. The maximum absolute atomic E-state index is 12.3. The quantitative estimate of drug-likeness (QED) is 0.575. The van der Waals surface area contributed by atoms with E-state index < -0.39 is 25.3 Å². The van der Waals surface area contributed by atoms with Gasteiger partial charge in [0.1, 0.15) is 0 Å². The van der Waals surface area contributed by atoms with Crippen molar-refractivity contribution < 1.29 is 23.2 Å². The summed E-state index contributed by atoms with van der Waals surface area (Å²) in [6, 6.07) is -0.602. The predicted molar refractivity (Wildman–Crippen MR) is 55.9 cm³/mol. The van der Waals surface area contributed by atoms with Crippen molar-refractivity contribution in [2.45, 2.75) is 19.6 Å². The molecule has 16 heavy (non-hydrogen) atoms. The fraction of sp³-hybridized carbons (Fsp3) is 0.750. The molecule has 3 amide bonds. The summed E-state index contributed by atoms with van der Waals surface area (Å²) in [5.41, 5.74) is 0. The summed E-state index contributed by atoms with van der Waals surface area (Å²) < 4.78 is 22.3. The first kappa shape index (κ1) is 13.2. The van der Waals surface area contributed by atoms with Gasteiger partial charge in [-0.15, -0.1) is 0 Å². The number of carbonyl (C=O) groups is 2. The average Bonchev–Trinajstić information content (AvgIpc) is 2.42. The minimum atomic E-state index is -3.62. The average molecular weight is 250 g/mol. The van der Waals surface area contributed by atoms with Gasteiger partial charge in [0.15, 0.2) is 0 Å². The van der Waals surface area contributed by atoms with Gasteiger partial charge in [-0.25, -0.2) is 4.79 Å². The molecular formula is C8H15N2O5P. The molecule has 0 bridgehead atoms. The van der Waals surface area contributed by atoms with Gasteiger partial charge < -0.3 is 13.9 Å². The largest absolute Gasteiger partial charge is 0.362 e. The topological polar surface area (TPSA) is 84.9 Å². The van der Waals surface area contributed by atoms with Crippen molar-refractivity contribution >= 4 is 19.5 Å². The predicted octanol–water partition coefficient (Wildman–Crippen LogP) is 0.760. The number of rotatable bonds is 5. The molecule has 1 atom stereocenters. The number of urea groups is 1. The van der Waals surface area contributed by atoms with Gasteiger partial charge in [0.05, 0.1) is 13.2 Å². The first-order chi connectivity index (χ1) is 7.46. The second-order valence-corrected chi connectivity index (χ2v) is 5.24. The lowest BCUT2D eigenvalue weighted by molar-refractivity contribution is -0.119. The van der Waals surface area contributed by atoms with Crippen molar-refractivity contribution in [2.24, 2.45) is 0 Å². The van der Waals surface area contributed by atoms with Crippen molar-refractivity contribution in [2.75, 3.05) is 20.3 Å². The molecule has 0 aromatic heterocycles. The zero-order valence-electron chi connectivity index (χ0n) is 9.43. The summed E-state index contributed by atoms with van der Waals surface area (Å²) in [5, 5.41) is 2.05. The van der Waals surface area contributed by atoms with Gasteiger partial charge in [-0.3, -0.25) is 14.7 Å². The number of imide groups is 1. The smallest absolute Gasteiger partial charge is 0.307 e. The number of likely N-dealkylation sites (N-methyl/N-ethyl adjacent to an activating group) is 1. The molecule has 0 radical (unpaired) electrons. The van der Waals surface area contributed by atoms with E-state index in [1.807, 2.05) is 0 Å². The highest BCUT2D eigenvalue weighted by Crippen LogP contribution is 2.54. The Hall–Kier alpha value is -0.910. The maximum atomic E-state index is 12.3. The van der Waals surface area contributed by atoms with Gasteiger partial charge in [0.25, 0.3) is 5.91 Å². The number of nitrogens with one attached hydrogen (secondary N) is 1. The molecule has 1 rings (SSSR count). The molecule has 0 aliphatic carbocycles. The zero-order chi connectivity index (χ0) is 12.3. The normalized spacial score (nSPS) is 21.4. The van der Waals surface area contributed by atoms with Crippen LogP contribution in [0.4, 0.5) is 4.79 Å². The zero-order valence-corrected chi connectivity index (χ0v) is 10.3. The molecule has 92 valence electrons. The van der Waals surface area contributed by atoms with Crippen molar-refractivity contribution in [3.05, 3.63) is 0 Å². The van der Waals surface area contributed by atoms with E-state index in [0.717, 1.165) is 4.90 Å². The van der Waals surface area contributed by atoms with E-state index in [0.29, 0.717) is 0 Å². The molecule has 0 aromatic rings. The van der Waals surface area contributed by atoms with Crippen LogP contribution in [-0.2, 0) is 18.4 Å². The summed E-state index contributed by atoms with van der Waals surface area (Å²) in [6.07, 6.45) is 0. The highest BCUT2D eigenvalue weighted by atomic mass is 31.2. The van der Waals surface area contributed by atoms with Crippen LogP contribution in [0.2, 0.25) is 0 Å². The van der Waals surface area contributed by atoms with E-state index >= 15 is 0 Å². The fourth-order valence-electron chi connectivity index (χ4n) is 1.44. The summed E-state index contributed by atoms with van der Waals surface area (Å²) in [6.45, 7) is 3.56. The Kier molecular flexibility index (Phi) is 4.07. The van der Waals surface area contributed by atoms with E-state index in [1.165, 1.54) is 7.05 Å². The second-order valence-electron chi connectivity index (χ2n) is 3.15. The molecule has 1 heterocycles. The van der Waals surface area contributed by atoms with Gasteiger partial charge in [0, 0.05) is 7.05 Å². The molecule has 1 fully saturated rings. The number of carbonyl (C=O) groups excluding carboxylic acids is 2. The third-order valence-electron chi connectivity index (χ3n) is 2.07. The standard InChI is InChI=1S/C8H15N2O5P/c1-4-14-16(13,15-5-2)7-6(11)9-8(12)10(7)3/h7H,4-5H2,1-3H3,(H,9,11,12). The SMILES string of the molecule is CCOP(=O)(OCC)C1C(=O)NC(=O)N1C. The van der Waals surface area contributed by atoms with Crippen molar-refractivity contribution in [3.8, 4) is 0 Å². The lowest BCUT2D eigenvalue weighted by Gasteiger charge is -2.24. The Bertz CT molecular complexity index is 335. The van der Waals surface area contributed by atoms with Crippen molar-refractivity contribution in [1.82, 2.24) is 10.2 Å². The lowest BCUT2D eigenvalue weighted by Crippen LogP contribution is -2.32. The molecule has 8 heteroatoms. The monoisotopic (exact) mass is 250 g/mol. The van der Waals surface area contributed by atoms with Crippen molar-refractivity contribution in [1.29, 1.82) is 0 Å². The van der Waals surface area contributed by atoms with Gasteiger partial charge in [-0.2, -0.15) is 0 Å². The highest BCUT2D eigenvalue weighted by molar-refractivity contribution is 7.55. The van der Waals surface area contributed by atoms with Crippen LogP contribution in [-0.4, -0.2) is 42.9 Å². The van der Waals surface area contributed by atoms with E-state index in [2.05, 4.69) is 5.32 Å². The van der Waals surface area contributed by atoms with Crippen LogP contribution in [0.25, 0.3) is 0 Å². The van der Waals surface area contributed by atoms with E-state index in [9.17, 15) is 14.2 Å². The minimum Gasteiger partial charge on any atom is -0.307 e. The maximum Gasteiger partial charge on any atom is 0.362 e. The van der Waals surface area contributed by atoms with Crippen LogP contribution in [0.15, 0.2) is 0 Å². The number of hydrogen-bond acceptors (Lipinski definition) is 5. The van der Waals surface area contributed by atoms with Crippen LogP contribution in [0, 0.1) is 0 Å². The van der Waals surface area contributed by atoms with Crippen molar-refractivity contribution in [3.63, 3.8) is 0 Å². The summed E-state index contributed by atoms with van der Waals surface area (Å²) >= 11 is 0. The third-order valence-corrected chi connectivity index (χ3v) is 4.49. The molecule has 1 aliphatic rings. The van der Waals surface area contributed by atoms with Gasteiger partial charge in [-0.1, -0.05) is 0 Å². The summed E-state index contributed by atoms with van der Waals surface area (Å²) in [7, 11) is -2.25. The second kappa shape index (κ2) is 4.95. The van der Waals surface area contributed by atoms with E-state index in [4.69, 9.17) is 9.05 Å². The van der Waals surface area contributed by atoms with Crippen LogP contribution >= 0.6 is 7.60 Å². The van der Waals surface area contributed by atoms with Crippen LogP contribution in [0.1, 0.15) is 13.8 Å². The third kappa shape index (κ3) is 2.26. The van der Waals surface area contributed by atoms with Crippen LogP contribution < -0.4 is 5.32 Å². The molecule has 1 N–H and O–H groups in total. The molecule has 0 aromatic carbocycles. The molecule has 1 unspecified atom stereocenters. The molecule has 7 nitrogen and oxygen atoms in total. The van der Waals surface area contributed by atoms with E-state index in [1.54, 1.807) is 13.8 Å². The Balaban J connectivity index is 2.98. The first-order valence-corrected chi connectivity index (χ1v) is 6.54. The molecular weight excluding hydrogens is 235 g/mol. The first-order valence-electron chi connectivity index (χ1n) is 4.92. The molecule has 0 spiro atoms. The summed E-state index contributed by atoms with van der Waals surface area (Å²) in [5.74, 6) is -1.85. The van der Waals surface area contributed by atoms with Gasteiger partial charge in [-0.05, 0) is 13.8 Å². The minimum absolute atomic E-state index is 0.142. The number of amides is 3. The fourth-order valence-corrected chi connectivity index (χ4v) is 3.40. The van der Waals surface area contributed by atoms with Crippen LogP contribution in [0.3, 0.4) is 0 Å². The molecule has 1 saturated heterocycles. The molecule has 1 aliphatic heterocycles.